The van der Waals surface area contributed by atoms with Gasteiger partial charge < -0.3 is 5.32 Å². The molecule has 4 nitrogen and oxygen atoms in total. The quantitative estimate of drug-likeness (QED) is 0.786. The summed E-state index contributed by atoms with van der Waals surface area (Å²) < 4.78 is 1.85. The molecule has 0 spiro atoms. The van der Waals surface area contributed by atoms with Gasteiger partial charge in [-0.05, 0) is 36.4 Å². The molecule has 0 unspecified atom stereocenters. The van der Waals surface area contributed by atoms with Gasteiger partial charge in [0.25, 0.3) is 5.56 Å². The lowest BCUT2D eigenvalue weighted by atomic mass is 10.1. The molecule has 120 valence electrons. The largest absolute Gasteiger partial charge is 0.312 e. The van der Waals surface area contributed by atoms with E-state index < -0.39 is 0 Å². The average molecular weight is 345 g/mol. The third-order valence-corrected chi connectivity index (χ3v) is 6.54. The highest BCUT2D eigenvalue weighted by Crippen LogP contribution is 2.31. The fourth-order valence-electron chi connectivity index (χ4n) is 3.32. The zero-order chi connectivity index (χ0) is 15.8. The summed E-state index contributed by atoms with van der Waals surface area (Å²) in [5.74, 6) is 0. The fraction of sp³-hybridized carbons (Fsp3) is 0.412. The number of fused-ring (bicyclic) bond motifs is 3. The van der Waals surface area contributed by atoms with Crippen LogP contribution in [0.2, 0.25) is 0 Å². The Bertz CT molecular complexity index is 879. The second-order valence-electron chi connectivity index (χ2n) is 5.89. The van der Waals surface area contributed by atoms with Crippen LogP contribution >= 0.6 is 22.7 Å². The van der Waals surface area contributed by atoms with E-state index in [0.717, 1.165) is 42.6 Å². The van der Waals surface area contributed by atoms with Gasteiger partial charge in [-0.15, -0.1) is 22.7 Å². The maximum atomic E-state index is 13.2. The minimum absolute atomic E-state index is 0.0988. The Morgan fingerprint density at radius 2 is 2.39 bits per heavy atom. The summed E-state index contributed by atoms with van der Waals surface area (Å²) in [4.78, 5) is 21.2. The highest BCUT2D eigenvalue weighted by Gasteiger charge is 2.22. The summed E-state index contributed by atoms with van der Waals surface area (Å²) in [7, 11) is 0. The lowest BCUT2D eigenvalue weighted by molar-refractivity contribution is 0.522. The topological polar surface area (TPSA) is 46.9 Å². The lowest BCUT2D eigenvalue weighted by Crippen LogP contribution is -2.27. The van der Waals surface area contributed by atoms with E-state index in [-0.39, 0.29) is 11.6 Å². The Kier molecular flexibility index (Phi) is 4.05. The Hall–Kier alpha value is -1.50. The Morgan fingerprint density at radius 1 is 1.48 bits per heavy atom. The Labute approximate surface area is 142 Å². The molecule has 0 aliphatic carbocycles. The molecule has 3 aromatic rings. The van der Waals surface area contributed by atoms with Crippen LogP contribution in [-0.2, 0) is 13.0 Å². The third kappa shape index (κ3) is 2.55. The van der Waals surface area contributed by atoms with Gasteiger partial charge in [-0.3, -0.25) is 9.36 Å². The third-order valence-electron chi connectivity index (χ3n) is 4.43. The van der Waals surface area contributed by atoms with Crippen molar-refractivity contribution in [1.82, 2.24) is 14.9 Å². The molecule has 23 heavy (non-hydrogen) atoms. The first-order chi connectivity index (χ1) is 11.3. The van der Waals surface area contributed by atoms with Gasteiger partial charge in [0, 0.05) is 16.3 Å². The van der Waals surface area contributed by atoms with Gasteiger partial charge in [0.1, 0.15) is 4.83 Å². The number of hydrogen-bond acceptors (Lipinski definition) is 5. The second-order valence-corrected chi connectivity index (χ2v) is 7.95. The summed E-state index contributed by atoms with van der Waals surface area (Å²) in [6, 6.07) is 4.27. The van der Waals surface area contributed by atoms with Crippen LogP contribution in [0.3, 0.4) is 0 Å². The number of nitrogens with one attached hydrogen (secondary N) is 1. The van der Waals surface area contributed by atoms with Gasteiger partial charge in [-0.1, -0.05) is 19.4 Å². The van der Waals surface area contributed by atoms with Crippen molar-refractivity contribution in [3.63, 3.8) is 0 Å². The summed E-state index contributed by atoms with van der Waals surface area (Å²) in [6.07, 6.45) is 4.67. The van der Waals surface area contributed by atoms with Gasteiger partial charge in [0.2, 0.25) is 0 Å². The van der Waals surface area contributed by atoms with Crippen molar-refractivity contribution in [2.75, 3.05) is 6.54 Å². The van der Waals surface area contributed by atoms with E-state index >= 15 is 0 Å². The van der Waals surface area contributed by atoms with Crippen LogP contribution in [0.15, 0.2) is 28.6 Å². The van der Waals surface area contributed by atoms with Gasteiger partial charge >= 0.3 is 0 Å². The minimum atomic E-state index is 0.0988. The van der Waals surface area contributed by atoms with E-state index in [0.29, 0.717) is 0 Å². The van der Waals surface area contributed by atoms with E-state index in [4.69, 9.17) is 0 Å². The molecule has 0 radical (unpaired) electrons. The highest BCUT2D eigenvalue weighted by molar-refractivity contribution is 7.18. The van der Waals surface area contributed by atoms with Gasteiger partial charge in [-0.25, -0.2) is 4.98 Å². The molecular weight excluding hydrogens is 326 g/mol. The van der Waals surface area contributed by atoms with E-state index in [2.05, 4.69) is 34.7 Å². The van der Waals surface area contributed by atoms with Crippen molar-refractivity contribution in [3.05, 3.63) is 49.5 Å². The molecule has 1 atom stereocenters. The predicted molar refractivity (Wildman–Crippen MR) is 96.7 cm³/mol. The number of hydrogen-bond donors (Lipinski definition) is 1. The van der Waals surface area contributed by atoms with Crippen molar-refractivity contribution in [3.8, 4) is 0 Å². The molecule has 1 aliphatic rings. The molecule has 0 fully saturated rings. The summed E-state index contributed by atoms with van der Waals surface area (Å²) in [5, 5.41) is 6.31. The van der Waals surface area contributed by atoms with E-state index in [9.17, 15) is 4.79 Å². The van der Waals surface area contributed by atoms with Crippen molar-refractivity contribution in [2.45, 2.75) is 38.8 Å². The van der Waals surface area contributed by atoms with E-state index in [1.54, 1.807) is 29.0 Å². The Morgan fingerprint density at radius 3 is 3.17 bits per heavy atom. The smallest absolute Gasteiger partial charge is 0.262 e. The van der Waals surface area contributed by atoms with Gasteiger partial charge in [0.05, 0.1) is 17.8 Å². The zero-order valence-corrected chi connectivity index (χ0v) is 14.7. The van der Waals surface area contributed by atoms with E-state index in [1.165, 1.54) is 15.3 Å². The predicted octanol–water partition coefficient (Wildman–Crippen LogP) is 3.55. The van der Waals surface area contributed by atoms with Crippen molar-refractivity contribution in [1.29, 1.82) is 0 Å². The van der Waals surface area contributed by atoms with E-state index in [1.807, 2.05) is 4.57 Å². The normalized spacial score (nSPS) is 15.7. The maximum absolute atomic E-state index is 13.2. The minimum Gasteiger partial charge on any atom is -0.312 e. The number of aromatic nitrogens is 2. The van der Waals surface area contributed by atoms with Gasteiger partial charge in [0.15, 0.2) is 0 Å². The summed E-state index contributed by atoms with van der Waals surface area (Å²) >= 11 is 3.38. The van der Waals surface area contributed by atoms with Crippen LogP contribution < -0.4 is 10.9 Å². The van der Waals surface area contributed by atoms with Crippen LogP contribution in [0.5, 0.6) is 0 Å². The first kappa shape index (κ1) is 15.1. The van der Waals surface area contributed by atoms with Crippen molar-refractivity contribution in [2.24, 2.45) is 0 Å². The molecule has 1 aliphatic heterocycles. The molecule has 0 saturated carbocycles. The molecule has 4 heterocycles. The standard InChI is InChI=1S/C17H19N3OS2/c1-2-4-12(13-5-3-8-22-13)20-10-19-16-15(17(20)21)11-6-7-18-9-14(11)23-16/h3,5,8,10,12,18H,2,4,6-7,9H2,1H3/t12-/m0/s1. The molecule has 6 heteroatoms. The van der Waals surface area contributed by atoms with Crippen LogP contribution in [0, 0.1) is 0 Å². The molecule has 4 rings (SSSR count). The molecule has 0 amide bonds. The van der Waals surface area contributed by atoms with Crippen LogP contribution in [0.1, 0.15) is 41.1 Å². The van der Waals surface area contributed by atoms with Gasteiger partial charge in [-0.2, -0.15) is 0 Å². The van der Waals surface area contributed by atoms with Crippen LogP contribution in [0.4, 0.5) is 0 Å². The lowest BCUT2D eigenvalue weighted by Gasteiger charge is -2.18. The first-order valence-corrected chi connectivity index (χ1v) is 9.74. The molecule has 1 N–H and O–H groups in total. The zero-order valence-electron chi connectivity index (χ0n) is 13.0. The summed E-state index contributed by atoms with van der Waals surface area (Å²) in [6.45, 7) is 3.96. The number of thiophene rings is 2. The second kappa shape index (κ2) is 6.19. The number of nitrogens with zero attached hydrogens (tertiary/aromatic N) is 2. The fourth-order valence-corrected chi connectivity index (χ4v) is 5.33. The highest BCUT2D eigenvalue weighted by atomic mass is 32.1. The maximum Gasteiger partial charge on any atom is 0.262 e. The van der Waals surface area contributed by atoms with Crippen LogP contribution in [-0.4, -0.2) is 16.1 Å². The molecule has 3 aromatic heterocycles. The van der Waals surface area contributed by atoms with Crippen molar-refractivity contribution < 1.29 is 0 Å². The molecular formula is C17H19N3OS2. The Balaban J connectivity index is 1.90. The molecule has 0 bridgehead atoms. The average Bonchev–Trinajstić information content (AvgIpc) is 3.21. The van der Waals surface area contributed by atoms with Crippen molar-refractivity contribution >= 4 is 32.9 Å². The molecule has 0 aromatic carbocycles. The van der Waals surface area contributed by atoms with Crippen LogP contribution in [0.25, 0.3) is 10.2 Å². The number of rotatable bonds is 4. The first-order valence-electron chi connectivity index (χ1n) is 8.05. The molecule has 0 saturated heterocycles. The summed E-state index contributed by atoms with van der Waals surface area (Å²) in [5.41, 5.74) is 1.35. The monoisotopic (exact) mass is 345 g/mol. The SMILES string of the molecule is CCC[C@@H](c1cccs1)n1cnc2sc3c(c2c1=O)CCNC3.